The Morgan fingerprint density at radius 3 is 2.84 bits per heavy atom. The Labute approximate surface area is 120 Å². The molecule has 1 aliphatic carbocycles. The normalized spacial score (nSPS) is 28.2. The topological polar surface area (TPSA) is 24.4 Å². The molecule has 0 saturated heterocycles. The summed E-state index contributed by atoms with van der Waals surface area (Å²) in [6.45, 7) is 2.21. The zero-order valence-corrected chi connectivity index (χ0v) is 12.3. The number of benzene rings is 1. The third-order valence-electron chi connectivity index (χ3n) is 4.23. The highest BCUT2D eigenvalue weighted by atomic mass is 32.2. The summed E-state index contributed by atoms with van der Waals surface area (Å²) in [5, 5.41) is 4.73. The van der Waals surface area contributed by atoms with Gasteiger partial charge < -0.3 is 5.32 Å². The van der Waals surface area contributed by atoms with Gasteiger partial charge in [-0.1, -0.05) is 54.9 Å². The van der Waals surface area contributed by atoms with Crippen LogP contribution in [0.5, 0.6) is 0 Å². The molecule has 1 aromatic carbocycles. The molecule has 0 aromatic heterocycles. The fraction of sp³-hybridized carbons (Fsp3) is 0.562. The number of amidine groups is 1. The average molecular weight is 274 g/mol. The molecular weight excluding hydrogens is 252 g/mol. The van der Waals surface area contributed by atoms with E-state index in [1.807, 2.05) is 11.8 Å². The van der Waals surface area contributed by atoms with Crippen LogP contribution < -0.4 is 5.32 Å². The van der Waals surface area contributed by atoms with Gasteiger partial charge in [-0.15, -0.1) is 0 Å². The van der Waals surface area contributed by atoms with Crippen molar-refractivity contribution in [2.24, 2.45) is 10.9 Å². The van der Waals surface area contributed by atoms with Gasteiger partial charge in [0.25, 0.3) is 0 Å². The van der Waals surface area contributed by atoms with Gasteiger partial charge in [-0.25, -0.2) is 0 Å². The van der Waals surface area contributed by atoms with Crippen LogP contribution in [0.4, 0.5) is 0 Å². The third kappa shape index (κ3) is 3.14. The van der Waals surface area contributed by atoms with Gasteiger partial charge >= 0.3 is 0 Å². The van der Waals surface area contributed by atoms with E-state index in [0.29, 0.717) is 12.1 Å². The van der Waals surface area contributed by atoms with E-state index in [0.717, 1.165) is 11.1 Å². The number of hydrogen-bond acceptors (Lipinski definition) is 3. The van der Waals surface area contributed by atoms with E-state index in [-0.39, 0.29) is 0 Å². The highest BCUT2D eigenvalue weighted by Crippen LogP contribution is 2.34. The minimum absolute atomic E-state index is 0.340. The first-order valence-electron chi connectivity index (χ1n) is 7.35. The molecule has 0 radical (unpaired) electrons. The first kappa shape index (κ1) is 13.0. The fourth-order valence-electron chi connectivity index (χ4n) is 3.02. The summed E-state index contributed by atoms with van der Waals surface area (Å²) in [6, 6.07) is 11.5. The van der Waals surface area contributed by atoms with Crippen LogP contribution in [0, 0.1) is 5.92 Å². The summed E-state index contributed by atoms with van der Waals surface area (Å²) < 4.78 is 0. The molecule has 0 spiro atoms. The van der Waals surface area contributed by atoms with Crippen LogP contribution in [0.3, 0.4) is 0 Å². The standard InChI is InChI=1S/C16H22N2S/c1-12(13-7-3-2-4-8-13)17-16-18-15-10-6-5-9-14(15)11-19-16/h2-4,7-8,12,14-15H,5-6,9-11H2,1H3,(H,17,18). The largest absolute Gasteiger partial charge is 0.358 e. The van der Waals surface area contributed by atoms with Crippen molar-refractivity contribution < 1.29 is 0 Å². The van der Waals surface area contributed by atoms with E-state index in [9.17, 15) is 0 Å². The maximum absolute atomic E-state index is 4.94. The lowest BCUT2D eigenvalue weighted by Gasteiger charge is -2.33. The number of rotatable bonds is 2. The van der Waals surface area contributed by atoms with E-state index in [4.69, 9.17) is 4.99 Å². The zero-order valence-electron chi connectivity index (χ0n) is 11.5. The molecule has 1 heterocycles. The van der Waals surface area contributed by atoms with E-state index in [1.165, 1.54) is 37.0 Å². The fourth-order valence-corrected chi connectivity index (χ4v) is 4.25. The average Bonchev–Trinajstić information content (AvgIpc) is 2.48. The monoisotopic (exact) mass is 274 g/mol. The Bertz CT molecular complexity index is 443. The van der Waals surface area contributed by atoms with Crippen LogP contribution in [0.2, 0.25) is 0 Å². The van der Waals surface area contributed by atoms with Crippen molar-refractivity contribution in [1.29, 1.82) is 0 Å². The molecule has 0 bridgehead atoms. The second-order valence-corrected chi connectivity index (χ2v) is 6.64. The minimum Gasteiger partial charge on any atom is -0.358 e. The van der Waals surface area contributed by atoms with Gasteiger partial charge in [0.05, 0.1) is 12.1 Å². The lowest BCUT2D eigenvalue weighted by Crippen LogP contribution is -2.35. The minimum atomic E-state index is 0.340. The van der Waals surface area contributed by atoms with Crippen molar-refractivity contribution in [3.05, 3.63) is 35.9 Å². The third-order valence-corrected chi connectivity index (χ3v) is 5.32. The molecule has 1 saturated carbocycles. The maximum atomic E-state index is 4.94. The Hall–Kier alpha value is -0.960. The SMILES string of the molecule is CC(NC1=NC2CCCCC2CS1)c1ccccc1. The Morgan fingerprint density at radius 2 is 2.00 bits per heavy atom. The van der Waals surface area contributed by atoms with Crippen molar-refractivity contribution in [2.75, 3.05) is 5.75 Å². The van der Waals surface area contributed by atoms with Crippen LogP contribution in [-0.2, 0) is 0 Å². The van der Waals surface area contributed by atoms with Crippen molar-refractivity contribution >= 4 is 16.9 Å². The number of aliphatic imine (C=N–C) groups is 1. The van der Waals surface area contributed by atoms with Crippen molar-refractivity contribution in [1.82, 2.24) is 5.32 Å². The highest BCUT2D eigenvalue weighted by molar-refractivity contribution is 8.13. The zero-order chi connectivity index (χ0) is 13.1. The van der Waals surface area contributed by atoms with Gasteiger partial charge in [0.1, 0.15) is 0 Å². The van der Waals surface area contributed by atoms with Crippen LogP contribution in [0.1, 0.15) is 44.2 Å². The lowest BCUT2D eigenvalue weighted by atomic mass is 9.86. The van der Waals surface area contributed by atoms with Crippen molar-refractivity contribution in [3.63, 3.8) is 0 Å². The molecule has 1 aromatic rings. The molecule has 2 aliphatic rings. The molecule has 19 heavy (non-hydrogen) atoms. The smallest absolute Gasteiger partial charge is 0.157 e. The predicted molar refractivity (Wildman–Crippen MR) is 83.6 cm³/mol. The molecule has 3 atom stereocenters. The van der Waals surface area contributed by atoms with E-state index < -0.39 is 0 Å². The van der Waals surface area contributed by atoms with E-state index >= 15 is 0 Å². The number of nitrogens with zero attached hydrogens (tertiary/aromatic N) is 1. The summed E-state index contributed by atoms with van der Waals surface area (Å²) >= 11 is 1.91. The molecule has 3 rings (SSSR count). The molecule has 3 unspecified atom stereocenters. The molecule has 1 fully saturated rings. The molecule has 0 amide bonds. The molecule has 2 nitrogen and oxygen atoms in total. The summed E-state index contributed by atoms with van der Waals surface area (Å²) in [4.78, 5) is 4.94. The summed E-state index contributed by atoms with van der Waals surface area (Å²) in [5.74, 6) is 2.08. The van der Waals surface area contributed by atoms with Crippen molar-refractivity contribution in [3.8, 4) is 0 Å². The second-order valence-electron chi connectivity index (χ2n) is 5.63. The van der Waals surface area contributed by atoms with Crippen LogP contribution in [0.25, 0.3) is 0 Å². The Kier molecular flexibility index (Phi) is 4.12. The maximum Gasteiger partial charge on any atom is 0.157 e. The van der Waals surface area contributed by atoms with Gasteiger partial charge in [0.2, 0.25) is 0 Å². The number of thioether (sulfide) groups is 1. The first-order chi connectivity index (χ1) is 9.33. The quantitative estimate of drug-likeness (QED) is 0.881. The Morgan fingerprint density at radius 1 is 1.21 bits per heavy atom. The second kappa shape index (κ2) is 6.00. The Balaban J connectivity index is 1.65. The molecule has 1 aliphatic heterocycles. The number of hydrogen-bond donors (Lipinski definition) is 1. The molecule has 102 valence electrons. The molecule has 3 heteroatoms. The number of fused-ring (bicyclic) bond motifs is 1. The van der Waals surface area contributed by atoms with Crippen LogP contribution in [-0.4, -0.2) is 17.0 Å². The van der Waals surface area contributed by atoms with Gasteiger partial charge in [0, 0.05) is 5.75 Å². The number of nitrogens with one attached hydrogen (secondary N) is 1. The van der Waals surface area contributed by atoms with E-state index in [2.05, 4.69) is 42.6 Å². The van der Waals surface area contributed by atoms with Gasteiger partial charge in [-0.05, 0) is 31.2 Å². The van der Waals surface area contributed by atoms with Crippen molar-refractivity contribution in [2.45, 2.75) is 44.7 Å². The first-order valence-corrected chi connectivity index (χ1v) is 8.33. The molecular formula is C16H22N2S. The lowest BCUT2D eigenvalue weighted by molar-refractivity contribution is 0.335. The van der Waals surface area contributed by atoms with Crippen LogP contribution >= 0.6 is 11.8 Å². The molecule has 1 N–H and O–H groups in total. The van der Waals surface area contributed by atoms with E-state index in [1.54, 1.807) is 0 Å². The predicted octanol–water partition coefficient (Wildman–Crippen LogP) is 4.00. The van der Waals surface area contributed by atoms with Gasteiger partial charge in [-0.2, -0.15) is 0 Å². The highest BCUT2D eigenvalue weighted by Gasteiger charge is 2.29. The van der Waals surface area contributed by atoms with Gasteiger partial charge in [-0.3, -0.25) is 4.99 Å². The summed E-state index contributed by atoms with van der Waals surface area (Å²) in [6.07, 6.45) is 5.43. The summed E-state index contributed by atoms with van der Waals surface area (Å²) in [5.41, 5.74) is 1.33. The summed E-state index contributed by atoms with van der Waals surface area (Å²) in [7, 11) is 0. The van der Waals surface area contributed by atoms with Gasteiger partial charge in [0.15, 0.2) is 5.17 Å². The van der Waals surface area contributed by atoms with Crippen LogP contribution in [0.15, 0.2) is 35.3 Å².